The molecule has 4 atom stereocenters. The third-order valence-electron chi connectivity index (χ3n) is 8.76. The lowest BCUT2D eigenvalue weighted by atomic mass is 9.75. The minimum absolute atomic E-state index is 0.117. The Labute approximate surface area is 222 Å². The number of para-hydroxylation sites is 1. The number of nitrogens with zero attached hydrogens (tertiary/aromatic N) is 3. The summed E-state index contributed by atoms with van der Waals surface area (Å²) in [6.07, 6.45) is -3.24. The molecule has 0 saturated carbocycles. The molecular weight excluding hydrogens is 507 g/mol. The molecule has 4 heterocycles. The average Bonchev–Trinajstić information content (AvgIpc) is 3.63. The van der Waals surface area contributed by atoms with Gasteiger partial charge in [0.05, 0.1) is 29.6 Å². The highest BCUT2D eigenvalue weighted by molar-refractivity contribution is 6.26. The molecule has 0 unspecified atom stereocenters. The number of carbonyl (C=O) groups excluding carboxylic acids is 3. The molecule has 7 rings (SSSR count). The van der Waals surface area contributed by atoms with E-state index in [1.165, 1.54) is 12.1 Å². The van der Waals surface area contributed by atoms with Gasteiger partial charge in [-0.3, -0.25) is 19.3 Å². The quantitative estimate of drug-likeness (QED) is 0.459. The van der Waals surface area contributed by atoms with E-state index in [2.05, 4.69) is 0 Å². The first-order chi connectivity index (χ1) is 18.7. The molecule has 9 heteroatoms. The number of imide groups is 1. The molecule has 0 N–H and O–H groups in total. The molecule has 3 aromatic carbocycles. The highest BCUT2D eigenvalue weighted by Gasteiger charge is 2.75. The van der Waals surface area contributed by atoms with Crippen molar-refractivity contribution < 1.29 is 27.6 Å². The molecule has 39 heavy (non-hydrogen) atoms. The first-order valence-electron chi connectivity index (χ1n) is 13.0. The number of fused-ring (bicyclic) bond motifs is 7. The fraction of sp³-hybridized carbons (Fsp3) is 0.300. The van der Waals surface area contributed by atoms with E-state index in [-0.39, 0.29) is 17.6 Å². The third kappa shape index (κ3) is 3.16. The third-order valence-corrected chi connectivity index (χ3v) is 8.76. The molecule has 0 radical (unpaired) electrons. The van der Waals surface area contributed by atoms with Crippen LogP contribution in [0.4, 0.5) is 24.5 Å². The van der Waals surface area contributed by atoms with E-state index in [4.69, 9.17) is 0 Å². The molecule has 198 valence electrons. The van der Waals surface area contributed by atoms with Crippen molar-refractivity contribution in [2.24, 2.45) is 11.8 Å². The van der Waals surface area contributed by atoms with Gasteiger partial charge in [-0.1, -0.05) is 54.6 Å². The van der Waals surface area contributed by atoms with Crippen molar-refractivity contribution in [3.05, 3.63) is 95.6 Å². The summed E-state index contributed by atoms with van der Waals surface area (Å²) in [5.41, 5.74) is -0.155. The van der Waals surface area contributed by atoms with Crippen LogP contribution >= 0.6 is 0 Å². The molecule has 3 aromatic rings. The van der Waals surface area contributed by atoms with Crippen LogP contribution in [0.3, 0.4) is 0 Å². The maximum atomic E-state index is 14.6. The van der Waals surface area contributed by atoms with E-state index in [9.17, 15) is 27.6 Å². The zero-order valence-electron chi connectivity index (χ0n) is 20.8. The Kier molecular flexibility index (Phi) is 5.10. The SMILES string of the molecule is O=C1[C@@H]2[C@@H]3CCCN3[C@@]3(C(=O)N(Cc4ccccc4)c4ccccc43)[C@H]2C(=O)N1c1cccc(C(F)(F)F)c1. The van der Waals surface area contributed by atoms with Gasteiger partial charge in [0.2, 0.25) is 11.8 Å². The standard InChI is InChI=1S/C30H24F3N3O3/c31-30(32,33)19-10-6-11-20(16-19)36-26(37)24-23-14-7-15-35(23)29(25(24)27(36)38)21-12-4-5-13-22(21)34(28(29)39)17-18-8-2-1-3-9-18/h1-6,8-13,16,23-25H,7,14-15,17H2/t23-,24+,25+,29+/m0/s1. The zero-order valence-corrected chi connectivity index (χ0v) is 20.8. The lowest BCUT2D eigenvalue weighted by molar-refractivity contribution is -0.138. The maximum Gasteiger partial charge on any atom is 0.416 e. The number of benzene rings is 3. The Balaban J connectivity index is 1.37. The number of rotatable bonds is 3. The maximum absolute atomic E-state index is 14.6. The Morgan fingerprint density at radius 1 is 0.872 bits per heavy atom. The molecule has 0 aliphatic carbocycles. The number of halogens is 3. The van der Waals surface area contributed by atoms with Crippen LogP contribution in [-0.2, 0) is 32.6 Å². The van der Waals surface area contributed by atoms with E-state index < -0.39 is 40.9 Å². The van der Waals surface area contributed by atoms with Gasteiger partial charge in [0.25, 0.3) is 5.91 Å². The van der Waals surface area contributed by atoms with Gasteiger partial charge in [-0.15, -0.1) is 0 Å². The molecular formula is C30H24F3N3O3. The van der Waals surface area contributed by atoms with Gasteiger partial charge >= 0.3 is 6.18 Å². The largest absolute Gasteiger partial charge is 0.416 e. The Morgan fingerprint density at radius 3 is 2.38 bits per heavy atom. The zero-order chi connectivity index (χ0) is 27.1. The summed E-state index contributed by atoms with van der Waals surface area (Å²) in [5.74, 6) is -3.27. The molecule has 0 aromatic heterocycles. The van der Waals surface area contributed by atoms with Crippen molar-refractivity contribution in [2.75, 3.05) is 16.3 Å². The highest BCUT2D eigenvalue weighted by atomic mass is 19.4. The van der Waals surface area contributed by atoms with E-state index in [1.54, 1.807) is 4.90 Å². The van der Waals surface area contributed by atoms with Gasteiger partial charge in [0, 0.05) is 17.3 Å². The molecule has 4 aliphatic rings. The number of anilines is 2. The summed E-state index contributed by atoms with van der Waals surface area (Å²) in [4.78, 5) is 47.3. The van der Waals surface area contributed by atoms with Crippen LogP contribution in [-0.4, -0.2) is 35.2 Å². The van der Waals surface area contributed by atoms with Gasteiger partial charge in [-0.05, 0) is 49.2 Å². The highest BCUT2D eigenvalue weighted by Crippen LogP contribution is 2.62. The number of carbonyl (C=O) groups is 3. The second-order valence-electron chi connectivity index (χ2n) is 10.6. The molecule has 1 spiro atoms. The van der Waals surface area contributed by atoms with Gasteiger partial charge in [0.1, 0.15) is 5.54 Å². The molecule has 4 aliphatic heterocycles. The number of hydrogen-bond donors (Lipinski definition) is 0. The number of amides is 3. The summed E-state index contributed by atoms with van der Waals surface area (Å²) in [7, 11) is 0. The minimum atomic E-state index is -4.63. The van der Waals surface area contributed by atoms with Crippen LogP contribution in [0.15, 0.2) is 78.9 Å². The Bertz CT molecular complexity index is 1520. The first kappa shape index (κ1) is 24.1. The van der Waals surface area contributed by atoms with Crippen molar-refractivity contribution in [1.29, 1.82) is 0 Å². The number of hydrogen-bond acceptors (Lipinski definition) is 4. The van der Waals surface area contributed by atoms with E-state index in [0.29, 0.717) is 30.8 Å². The van der Waals surface area contributed by atoms with Crippen LogP contribution in [0.1, 0.15) is 29.5 Å². The van der Waals surface area contributed by atoms with E-state index in [0.717, 1.165) is 29.0 Å². The summed E-state index contributed by atoms with van der Waals surface area (Å²) in [5, 5.41) is 0. The monoisotopic (exact) mass is 531 g/mol. The predicted molar refractivity (Wildman–Crippen MR) is 136 cm³/mol. The second kappa shape index (κ2) is 8.26. The fourth-order valence-electron chi connectivity index (χ4n) is 7.34. The van der Waals surface area contributed by atoms with Crippen LogP contribution in [0.25, 0.3) is 0 Å². The second-order valence-corrected chi connectivity index (χ2v) is 10.6. The summed E-state index contributed by atoms with van der Waals surface area (Å²) in [6, 6.07) is 20.8. The lowest BCUT2D eigenvalue weighted by Gasteiger charge is -2.37. The van der Waals surface area contributed by atoms with E-state index in [1.807, 2.05) is 59.5 Å². The van der Waals surface area contributed by atoms with Crippen molar-refractivity contribution >= 4 is 29.1 Å². The smallest absolute Gasteiger partial charge is 0.306 e. The molecule has 6 nitrogen and oxygen atoms in total. The van der Waals surface area contributed by atoms with Gasteiger partial charge in [-0.2, -0.15) is 13.2 Å². The van der Waals surface area contributed by atoms with Crippen molar-refractivity contribution in [3.8, 4) is 0 Å². The fourth-order valence-corrected chi connectivity index (χ4v) is 7.34. The lowest BCUT2D eigenvalue weighted by Crippen LogP contribution is -2.55. The van der Waals surface area contributed by atoms with Crippen molar-refractivity contribution in [3.63, 3.8) is 0 Å². The topological polar surface area (TPSA) is 60.9 Å². The number of alkyl halides is 3. The summed E-state index contributed by atoms with van der Waals surface area (Å²) >= 11 is 0. The van der Waals surface area contributed by atoms with Crippen molar-refractivity contribution in [1.82, 2.24) is 4.90 Å². The Morgan fingerprint density at radius 2 is 1.62 bits per heavy atom. The first-order valence-corrected chi connectivity index (χ1v) is 13.0. The molecule has 0 bridgehead atoms. The summed E-state index contributed by atoms with van der Waals surface area (Å²) in [6.45, 7) is 0.856. The van der Waals surface area contributed by atoms with E-state index >= 15 is 0 Å². The van der Waals surface area contributed by atoms with Crippen LogP contribution in [0.2, 0.25) is 0 Å². The van der Waals surface area contributed by atoms with Crippen molar-refractivity contribution in [2.45, 2.75) is 37.1 Å². The van der Waals surface area contributed by atoms with Crippen LogP contribution in [0.5, 0.6) is 0 Å². The van der Waals surface area contributed by atoms with Crippen LogP contribution in [0, 0.1) is 11.8 Å². The minimum Gasteiger partial charge on any atom is -0.306 e. The summed E-state index contributed by atoms with van der Waals surface area (Å²) < 4.78 is 40.5. The normalized spacial score (nSPS) is 28.0. The Hall–Kier alpha value is -3.98. The molecule has 3 fully saturated rings. The average molecular weight is 532 g/mol. The van der Waals surface area contributed by atoms with Gasteiger partial charge in [-0.25, -0.2) is 4.90 Å². The van der Waals surface area contributed by atoms with Crippen LogP contribution < -0.4 is 9.80 Å². The van der Waals surface area contributed by atoms with Gasteiger partial charge < -0.3 is 4.90 Å². The van der Waals surface area contributed by atoms with Gasteiger partial charge in [0.15, 0.2) is 0 Å². The predicted octanol–water partition coefficient (Wildman–Crippen LogP) is 4.73. The molecule has 3 saturated heterocycles. The molecule has 3 amide bonds.